The first-order valence-electron chi connectivity index (χ1n) is 13.1. The predicted octanol–water partition coefficient (Wildman–Crippen LogP) is 11.8. The molecule has 0 bridgehead atoms. The van der Waals surface area contributed by atoms with Crippen LogP contribution in [0, 0.1) is 0 Å². The van der Waals surface area contributed by atoms with E-state index in [4.69, 9.17) is 0 Å². The SMILES string of the molecule is Brc1ccc(N(c2ccccc2)c2cccc(-c3cc(N(c4ccccc4)c4ccccc4)ccc3Br)c2)cc1. The number of nitrogens with zero attached hydrogens (tertiary/aromatic N) is 2. The molecule has 6 aromatic rings. The van der Waals surface area contributed by atoms with E-state index in [0.717, 1.165) is 54.2 Å². The van der Waals surface area contributed by atoms with Crippen molar-refractivity contribution in [2.45, 2.75) is 0 Å². The van der Waals surface area contributed by atoms with Gasteiger partial charge in [-0.15, -0.1) is 0 Å². The normalized spacial score (nSPS) is 10.8. The summed E-state index contributed by atoms with van der Waals surface area (Å²) in [5, 5.41) is 0. The van der Waals surface area contributed by atoms with Gasteiger partial charge in [-0.25, -0.2) is 0 Å². The van der Waals surface area contributed by atoms with Crippen LogP contribution in [0.2, 0.25) is 0 Å². The van der Waals surface area contributed by atoms with Crippen LogP contribution >= 0.6 is 31.9 Å². The highest BCUT2D eigenvalue weighted by atomic mass is 79.9. The van der Waals surface area contributed by atoms with Gasteiger partial charge in [-0.1, -0.05) is 98.6 Å². The van der Waals surface area contributed by atoms with Crippen molar-refractivity contribution in [3.05, 3.63) is 167 Å². The summed E-state index contributed by atoms with van der Waals surface area (Å²) >= 11 is 7.43. The molecule has 0 heterocycles. The fraction of sp³-hybridized carbons (Fsp3) is 0. The lowest BCUT2D eigenvalue weighted by molar-refractivity contribution is 1.27. The largest absolute Gasteiger partial charge is 0.310 e. The lowest BCUT2D eigenvalue weighted by Gasteiger charge is -2.27. The molecular weight excluding hydrogens is 620 g/mol. The van der Waals surface area contributed by atoms with E-state index in [1.165, 1.54) is 0 Å². The molecule has 0 N–H and O–H groups in total. The third-order valence-corrected chi connectivity index (χ3v) is 7.97. The molecule has 0 spiro atoms. The molecule has 40 heavy (non-hydrogen) atoms. The maximum absolute atomic E-state index is 3.85. The second-order valence-corrected chi connectivity index (χ2v) is 11.1. The lowest BCUT2D eigenvalue weighted by Crippen LogP contribution is -2.10. The number of rotatable bonds is 7. The van der Waals surface area contributed by atoms with Gasteiger partial charge < -0.3 is 9.80 Å². The fourth-order valence-corrected chi connectivity index (χ4v) is 5.64. The zero-order valence-electron chi connectivity index (χ0n) is 21.7. The minimum atomic E-state index is 1.05. The highest BCUT2D eigenvalue weighted by molar-refractivity contribution is 9.10. The minimum absolute atomic E-state index is 1.05. The Hall–Kier alpha value is -4.12. The summed E-state index contributed by atoms with van der Waals surface area (Å²) in [6.07, 6.45) is 0. The average Bonchev–Trinajstić information content (AvgIpc) is 3.01. The van der Waals surface area contributed by atoms with Crippen LogP contribution in [-0.2, 0) is 0 Å². The van der Waals surface area contributed by atoms with E-state index in [0.29, 0.717) is 0 Å². The third kappa shape index (κ3) is 5.60. The Morgan fingerprint density at radius 2 is 0.775 bits per heavy atom. The summed E-state index contributed by atoms with van der Waals surface area (Å²) in [7, 11) is 0. The van der Waals surface area contributed by atoms with Crippen LogP contribution in [0.3, 0.4) is 0 Å². The van der Waals surface area contributed by atoms with Crippen molar-refractivity contribution >= 4 is 66.0 Å². The van der Waals surface area contributed by atoms with Crippen LogP contribution in [0.4, 0.5) is 34.1 Å². The van der Waals surface area contributed by atoms with Gasteiger partial charge in [0, 0.05) is 43.1 Å². The van der Waals surface area contributed by atoms with Crippen molar-refractivity contribution in [2.24, 2.45) is 0 Å². The van der Waals surface area contributed by atoms with Crippen molar-refractivity contribution in [1.29, 1.82) is 0 Å². The Kier molecular flexibility index (Phi) is 7.80. The van der Waals surface area contributed by atoms with Crippen LogP contribution in [0.1, 0.15) is 0 Å². The number of benzene rings is 6. The van der Waals surface area contributed by atoms with E-state index in [1.807, 2.05) is 6.07 Å². The molecule has 0 radical (unpaired) electrons. The van der Waals surface area contributed by atoms with Crippen LogP contribution in [0.15, 0.2) is 167 Å². The van der Waals surface area contributed by atoms with E-state index >= 15 is 0 Å². The molecular formula is C36H26Br2N2. The number of hydrogen-bond donors (Lipinski definition) is 0. The van der Waals surface area contributed by atoms with Gasteiger partial charge in [0.05, 0.1) is 0 Å². The van der Waals surface area contributed by atoms with Gasteiger partial charge in [0.15, 0.2) is 0 Å². The Labute approximate surface area is 252 Å². The van der Waals surface area contributed by atoms with Crippen LogP contribution < -0.4 is 9.80 Å². The van der Waals surface area contributed by atoms with E-state index < -0.39 is 0 Å². The summed E-state index contributed by atoms with van der Waals surface area (Å²) in [6, 6.07) is 55.2. The highest BCUT2D eigenvalue weighted by Gasteiger charge is 2.17. The van der Waals surface area contributed by atoms with Gasteiger partial charge in [-0.05, 0) is 102 Å². The van der Waals surface area contributed by atoms with Gasteiger partial charge in [0.1, 0.15) is 0 Å². The standard InChI is InChI=1S/C36H26Br2N2/c37-28-19-21-32(22-20-28)40(31-16-8-3-9-17-31)33-18-10-11-27(25-33)35-26-34(23-24-36(35)38)39(29-12-4-1-5-13-29)30-14-6-2-7-15-30/h1-26H. The van der Waals surface area contributed by atoms with Gasteiger partial charge in [-0.2, -0.15) is 0 Å². The van der Waals surface area contributed by atoms with Crippen LogP contribution in [0.5, 0.6) is 0 Å². The number of hydrogen-bond acceptors (Lipinski definition) is 2. The van der Waals surface area contributed by atoms with Crippen molar-refractivity contribution in [1.82, 2.24) is 0 Å². The fourth-order valence-electron chi connectivity index (χ4n) is 4.90. The predicted molar refractivity (Wildman–Crippen MR) is 177 cm³/mol. The second kappa shape index (κ2) is 12.0. The molecule has 0 aliphatic heterocycles. The highest BCUT2D eigenvalue weighted by Crippen LogP contribution is 2.41. The summed E-state index contributed by atoms with van der Waals surface area (Å²) in [6.45, 7) is 0. The molecule has 0 aromatic heterocycles. The second-order valence-electron chi connectivity index (χ2n) is 9.37. The van der Waals surface area contributed by atoms with Gasteiger partial charge in [0.25, 0.3) is 0 Å². The maximum atomic E-state index is 3.85. The van der Waals surface area contributed by atoms with Gasteiger partial charge >= 0.3 is 0 Å². The monoisotopic (exact) mass is 644 g/mol. The topological polar surface area (TPSA) is 6.48 Å². The molecule has 0 fully saturated rings. The first-order chi connectivity index (χ1) is 19.7. The molecule has 4 heteroatoms. The number of halogens is 2. The molecule has 0 saturated heterocycles. The molecule has 6 rings (SSSR count). The Morgan fingerprint density at radius 3 is 1.30 bits per heavy atom. The Morgan fingerprint density at radius 1 is 0.350 bits per heavy atom. The van der Waals surface area contributed by atoms with Crippen molar-refractivity contribution in [3.63, 3.8) is 0 Å². The van der Waals surface area contributed by atoms with Gasteiger partial charge in [0.2, 0.25) is 0 Å². The van der Waals surface area contributed by atoms with E-state index in [9.17, 15) is 0 Å². The smallest absolute Gasteiger partial charge is 0.0468 e. The summed E-state index contributed by atoms with van der Waals surface area (Å²) in [5.41, 5.74) is 8.86. The lowest BCUT2D eigenvalue weighted by atomic mass is 10.0. The minimum Gasteiger partial charge on any atom is -0.310 e. The first kappa shape index (κ1) is 26.1. The van der Waals surface area contributed by atoms with Crippen molar-refractivity contribution in [2.75, 3.05) is 9.80 Å². The average molecular weight is 646 g/mol. The zero-order chi connectivity index (χ0) is 27.3. The van der Waals surface area contributed by atoms with Crippen LogP contribution in [0.25, 0.3) is 11.1 Å². The molecule has 0 atom stereocenters. The zero-order valence-corrected chi connectivity index (χ0v) is 24.8. The summed E-state index contributed by atoms with van der Waals surface area (Å²) < 4.78 is 2.10. The quantitative estimate of drug-likeness (QED) is 0.170. The Balaban J connectivity index is 1.46. The van der Waals surface area contributed by atoms with Crippen molar-refractivity contribution in [3.8, 4) is 11.1 Å². The molecule has 194 valence electrons. The number of anilines is 6. The van der Waals surface area contributed by atoms with E-state index in [2.05, 4.69) is 193 Å². The summed E-state index contributed by atoms with van der Waals surface area (Å²) in [4.78, 5) is 4.58. The van der Waals surface area contributed by atoms with Crippen molar-refractivity contribution < 1.29 is 0 Å². The Bertz CT molecular complexity index is 1660. The first-order valence-corrected chi connectivity index (χ1v) is 14.7. The number of para-hydroxylation sites is 3. The van der Waals surface area contributed by atoms with Gasteiger partial charge in [-0.3, -0.25) is 0 Å². The summed E-state index contributed by atoms with van der Waals surface area (Å²) in [5.74, 6) is 0. The molecule has 0 amide bonds. The van der Waals surface area contributed by atoms with E-state index in [1.54, 1.807) is 0 Å². The molecule has 0 aliphatic carbocycles. The molecule has 0 saturated carbocycles. The molecule has 0 unspecified atom stereocenters. The molecule has 2 nitrogen and oxygen atoms in total. The molecule has 6 aromatic carbocycles. The van der Waals surface area contributed by atoms with E-state index in [-0.39, 0.29) is 0 Å². The van der Waals surface area contributed by atoms with Crippen LogP contribution in [-0.4, -0.2) is 0 Å². The maximum Gasteiger partial charge on any atom is 0.0468 e. The molecule has 0 aliphatic rings. The third-order valence-electron chi connectivity index (χ3n) is 6.75.